The van der Waals surface area contributed by atoms with Gasteiger partial charge in [-0.3, -0.25) is 9.59 Å². The fourth-order valence-corrected chi connectivity index (χ4v) is 6.44. The Morgan fingerprint density at radius 3 is 1.32 bits per heavy atom. The molecular formula is C53H57N3O6. The molecule has 0 aliphatic rings. The average Bonchev–Trinajstić information content (AvgIpc) is 3.30. The van der Waals surface area contributed by atoms with Crippen LogP contribution in [0.3, 0.4) is 0 Å². The lowest BCUT2D eigenvalue weighted by molar-refractivity contribution is -0.126. The maximum absolute atomic E-state index is 13.5. The highest BCUT2D eigenvalue weighted by atomic mass is 16.5. The Hall–Kier alpha value is -7.10. The molecular weight excluding hydrogens is 775 g/mol. The summed E-state index contributed by atoms with van der Waals surface area (Å²) in [5, 5.41) is 2.91. The number of ether oxygens (including phenoxy) is 4. The molecule has 6 aromatic rings. The zero-order valence-electron chi connectivity index (χ0n) is 36.5. The molecule has 0 atom stereocenters. The standard InChI is InChI=1S/C28H32N2O3.C25H25NO3/c1-29(2)18-19-30(21-22-8-6-5-7-9-22)28(31)20-27(23-10-14-25(32-3)15-11-23)24-12-16-26(33-4)17-13-24;1-3-28-22-14-10-19(11-15-22)24(20-12-16-23(17-13-20)29-4-2)18-25(27)26-21-8-6-5-7-9-21/h5-17,20H,18-19,21H2,1-4H3;5-18H,3-4H2,1-2H3,(H,26,27). The molecule has 0 aliphatic carbocycles. The van der Waals surface area contributed by atoms with Gasteiger partial charge in [0, 0.05) is 37.5 Å². The summed E-state index contributed by atoms with van der Waals surface area (Å²) in [5.74, 6) is 2.94. The molecule has 0 aliphatic heterocycles. The number of carbonyl (C=O) groups is 2. The van der Waals surface area contributed by atoms with Gasteiger partial charge >= 0.3 is 0 Å². The second kappa shape index (κ2) is 24.2. The number of anilines is 1. The number of para-hydroxylation sites is 1. The Bertz CT molecular complexity index is 2220. The van der Waals surface area contributed by atoms with Gasteiger partial charge in [0.2, 0.25) is 11.8 Å². The number of rotatable bonds is 18. The van der Waals surface area contributed by atoms with E-state index in [4.69, 9.17) is 18.9 Å². The van der Waals surface area contributed by atoms with Gasteiger partial charge in [0.05, 0.1) is 27.4 Å². The van der Waals surface area contributed by atoms with Crippen LogP contribution in [0.1, 0.15) is 41.7 Å². The summed E-state index contributed by atoms with van der Waals surface area (Å²) < 4.78 is 21.7. The summed E-state index contributed by atoms with van der Waals surface area (Å²) in [6, 6.07) is 50.5. The van der Waals surface area contributed by atoms with E-state index in [0.29, 0.717) is 26.3 Å². The first-order valence-electron chi connectivity index (χ1n) is 20.7. The molecule has 0 saturated heterocycles. The SMILES string of the molecule is CCOc1ccc(C(=CC(=O)Nc2ccccc2)c2ccc(OCC)cc2)cc1.COc1ccc(C(=CC(=O)N(CCN(C)C)Cc2ccccc2)c2ccc(OC)cc2)cc1. The van der Waals surface area contributed by atoms with Crippen LogP contribution in [0.4, 0.5) is 5.69 Å². The van der Waals surface area contributed by atoms with Crippen molar-refractivity contribution in [2.45, 2.75) is 20.4 Å². The van der Waals surface area contributed by atoms with Crippen LogP contribution in [0.5, 0.6) is 23.0 Å². The number of nitrogens with one attached hydrogen (secondary N) is 1. The molecule has 0 spiro atoms. The van der Waals surface area contributed by atoms with Crippen LogP contribution in [0.2, 0.25) is 0 Å². The van der Waals surface area contributed by atoms with Crippen LogP contribution >= 0.6 is 0 Å². The molecule has 1 N–H and O–H groups in total. The third kappa shape index (κ3) is 14.3. The fourth-order valence-electron chi connectivity index (χ4n) is 6.44. The Labute approximate surface area is 366 Å². The molecule has 6 rings (SSSR count). The van der Waals surface area contributed by atoms with Crippen molar-refractivity contribution in [2.75, 3.05) is 59.9 Å². The van der Waals surface area contributed by atoms with Gasteiger partial charge in [0.1, 0.15) is 23.0 Å². The highest BCUT2D eigenvalue weighted by Crippen LogP contribution is 2.29. The third-order valence-electron chi connectivity index (χ3n) is 9.68. The number of hydrogen-bond donors (Lipinski definition) is 1. The van der Waals surface area contributed by atoms with Crippen LogP contribution < -0.4 is 24.3 Å². The lowest BCUT2D eigenvalue weighted by atomic mass is 9.97. The molecule has 320 valence electrons. The summed E-state index contributed by atoms with van der Waals surface area (Å²) in [7, 11) is 7.32. The van der Waals surface area contributed by atoms with Gasteiger partial charge < -0.3 is 34.1 Å². The van der Waals surface area contributed by atoms with Crippen LogP contribution in [0.25, 0.3) is 11.1 Å². The molecule has 0 bridgehead atoms. The molecule has 0 radical (unpaired) electrons. The van der Waals surface area contributed by atoms with E-state index in [1.54, 1.807) is 26.4 Å². The smallest absolute Gasteiger partial charge is 0.249 e. The Kier molecular flexibility index (Phi) is 18.0. The predicted molar refractivity (Wildman–Crippen MR) is 251 cm³/mol. The summed E-state index contributed by atoms with van der Waals surface area (Å²) in [4.78, 5) is 30.2. The zero-order valence-corrected chi connectivity index (χ0v) is 36.5. The monoisotopic (exact) mass is 831 g/mol. The number of hydrogen-bond acceptors (Lipinski definition) is 7. The van der Waals surface area contributed by atoms with Gasteiger partial charge in [-0.15, -0.1) is 0 Å². The van der Waals surface area contributed by atoms with Gasteiger partial charge in [-0.2, -0.15) is 0 Å². The Balaban J connectivity index is 0.000000236. The highest BCUT2D eigenvalue weighted by Gasteiger charge is 2.16. The first-order chi connectivity index (χ1) is 30.2. The van der Waals surface area contributed by atoms with E-state index in [2.05, 4.69) is 10.2 Å². The normalized spacial score (nSPS) is 10.4. The molecule has 0 fully saturated rings. The van der Waals surface area contributed by atoms with Crippen LogP contribution in [-0.4, -0.2) is 76.2 Å². The first-order valence-corrected chi connectivity index (χ1v) is 20.7. The van der Waals surface area contributed by atoms with Crippen LogP contribution in [0.15, 0.2) is 170 Å². The molecule has 0 heterocycles. The first kappa shape index (κ1) is 46.0. The molecule has 6 aromatic carbocycles. The van der Waals surface area contributed by atoms with E-state index in [-0.39, 0.29) is 11.8 Å². The molecule has 0 unspecified atom stereocenters. The van der Waals surface area contributed by atoms with Crippen molar-refractivity contribution in [3.63, 3.8) is 0 Å². The number of amides is 2. The summed E-state index contributed by atoms with van der Waals surface area (Å²) >= 11 is 0. The maximum atomic E-state index is 13.5. The third-order valence-corrected chi connectivity index (χ3v) is 9.68. The second-order valence-corrected chi connectivity index (χ2v) is 14.4. The molecule has 9 heteroatoms. The lowest BCUT2D eigenvalue weighted by Gasteiger charge is -2.24. The maximum Gasteiger partial charge on any atom is 0.249 e. The van der Waals surface area contributed by atoms with Gasteiger partial charge in [-0.05, 0) is 128 Å². The van der Waals surface area contributed by atoms with Crippen molar-refractivity contribution in [1.29, 1.82) is 0 Å². The van der Waals surface area contributed by atoms with Crippen molar-refractivity contribution in [3.8, 4) is 23.0 Å². The van der Waals surface area contributed by atoms with Crippen molar-refractivity contribution >= 4 is 28.6 Å². The van der Waals surface area contributed by atoms with E-state index in [0.717, 1.165) is 74.2 Å². The Morgan fingerprint density at radius 1 is 0.516 bits per heavy atom. The zero-order chi connectivity index (χ0) is 44.1. The van der Waals surface area contributed by atoms with Gasteiger partial charge in [0.25, 0.3) is 0 Å². The highest BCUT2D eigenvalue weighted by molar-refractivity contribution is 6.06. The number of nitrogens with zero attached hydrogens (tertiary/aromatic N) is 2. The minimum Gasteiger partial charge on any atom is -0.497 e. The van der Waals surface area contributed by atoms with Gasteiger partial charge in [0.15, 0.2) is 0 Å². The van der Waals surface area contributed by atoms with Crippen LogP contribution in [0, 0.1) is 0 Å². The van der Waals surface area contributed by atoms with Crippen LogP contribution in [-0.2, 0) is 16.1 Å². The molecule has 0 aromatic heterocycles. The van der Waals surface area contributed by atoms with E-state index >= 15 is 0 Å². The summed E-state index contributed by atoms with van der Waals surface area (Å²) in [6.07, 6.45) is 3.36. The summed E-state index contributed by atoms with van der Waals surface area (Å²) in [5.41, 5.74) is 7.29. The Morgan fingerprint density at radius 2 is 0.919 bits per heavy atom. The summed E-state index contributed by atoms with van der Waals surface area (Å²) in [6.45, 7) is 7.10. The number of methoxy groups -OCH3 is 2. The largest absolute Gasteiger partial charge is 0.497 e. The van der Waals surface area contributed by atoms with E-state index < -0.39 is 0 Å². The van der Waals surface area contributed by atoms with E-state index in [1.165, 1.54) is 0 Å². The van der Waals surface area contributed by atoms with Crippen molar-refractivity contribution in [1.82, 2.24) is 9.80 Å². The quantitative estimate of drug-likeness (QED) is 0.0863. The molecule has 9 nitrogen and oxygen atoms in total. The second-order valence-electron chi connectivity index (χ2n) is 14.4. The fraction of sp³-hybridized carbons (Fsp3) is 0.208. The van der Waals surface area contributed by atoms with E-state index in [1.807, 2.05) is 191 Å². The minimum absolute atomic E-state index is 0.0256. The molecule has 2 amide bonds. The lowest BCUT2D eigenvalue weighted by Crippen LogP contribution is -2.35. The number of carbonyl (C=O) groups excluding carboxylic acids is 2. The van der Waals surface area contributed by atoms with Crippen molar-refractivity contribution in [3.05, 3.63) is 198 Å². The van der Waals surface area contributed by atoms with Gasteiger partial charge in [-0.25, -0.2) is 0 Å². The average molecular weight is 832 g/mol. The number of likely N-dealkylation sites (N-methyl/N-ethyl adjacent to an activating group) is 1. The molecule has 0 saturated carbocycles. The topological polar surface area (TPSA) is 89.6 Å². The van der Waals surface area contributed by atoms with E-state index in [9.17, 15) is 9.59 Å². The number of benzene rings is 6. The predicted octanol–water partition coefficient (Wildman–Crippen LogP) is 10.3. The molecule has 62 heavy (non-hydrogen) atoms. The van der Waals surface area contributed by atoms with Crippen molar-refractivity contribution in [2.24, 2.45) is 0 Å². The minimum atomic E-state index is -0.186. The van der Waals surface area contributed by atoms with Gasteiger partial charge in [-0.1, -0.05) is 97.1 Å². The van der Waals surface area contributed by atoms with Crippen molar-refractivity contribution < 1.29 is 28.5 Å².